The molecule has 0 radical (unpaired) electrons. The van der Waals surface area contributed by atoms with E-state index in [-0.39, 0.29) is 5.75 Å². The molecule has 1 N–H and O–H groups in total. The van der Waals surface area contributed by atoms with Gasteiger partial charge in [0.1, 0.15) is 0 Å². The van der Waals surface area contributed by atoms with Gasteiger partial charge in [-0.1, -0.05) is 29.3 Å². The zero-order valence-electron chi connectivity index (χ0n) is 6.28. The van der Waals surface area contributed by atoms with Crippen LogP contribution in [0.3, 0.4) is 0 Å². The molecule has 0 heterocycles. The summed E-state index contributed by atoms with van der Waals surface area (Å²) in [6.07, 6.45) is 0. The van der Waals surface area contributed by atoms with Gasteiger partial charge >= 0.3 is 0 Å². The predicted molar refractivity (Wildman–Crippen MR) is 47.6 cm³/mol. The summed E-state index contributed by atoms with van der Waals surface area (Å²) in [5.74, 6) is -0.0224. The second-order valence-corrected chi connectivity index (χ2v) is 3.24. The molecule has 0 atom stereocenters. The van der Waals surface area contributed by atoms with Gasteiger partial charge in [-0.2, -0.15) is 0 Å². The summed E-state index contributed by atoms with van der Waals surface area (Å²) < 4.78 is 0. The summed E-state index contributed by atoms with van der Waals surface area (Å²) in [5.41, 5.74) is 1.68. The van der Waals surface area contributed by atoms with Crippen molar-refractivity contribution in [2.45, 2.75) is 13.8 Å². The van der Waals surface area contributed by atoms with E-state index in [1.165, 1.54) is 0 Å². The lowest BCUT2D eigenvalue weighted by atomic mass is 10.1. The van der Waals surface area contributed by atoms with Crippen molar-refractivity contribution in [2.75, 3.05) is 0 Å². The van der Waals surface area contributed by atoms with Gasteiger partial charge < -0.3 is 5.11 Å². The van der Waals surface area contributed by atoms with E-state index in [0.29, 0.717) is 10.0 Å². The second-order valence-electron chi connectivity index (χ2n) is 2.49. The Bertz CT molecular complexity index is 268. The first kappa shape index (κ1) is 8.69. The number of hydrogen-bond acceptors (Lipinski definition) is 1. The summed E-state index contributed by atoms with van der Waals surface area (Å²) >= 11 is 11.4. The fraction of sp³-hybridized carbons (Fsp3) is 0.250. The van der Waals surface area contributed by atoms with Crippen LogP contribution >= 0.6 is 23.2 Å². The number of aryl methyl sites for hydroxylation is 2. The minimum Gasteiger partial charge on any atom is -0.505 e. The van der Waals surface area contributed by atoms with E-state index in [0.717, 1.165) is 11.1 Å². The molecule has 0 aliphatic heterocycles. The maximum atomic E-state index is 9.30. The number of rotatable bonds is 0. The first-order chi connectivity index (χ1) is 5.04. The third-order valence-electron chi connectivity index (χ3n) is 1.54. The summed E-state index contributed by atoms with van der Waals surface area (Å²) in [6.45, 7) is 3.65. The van der Waals surface area contributed by atoms with Crippen molar-refractivity contribution in [1.82, 2.24) is 0 Å². The maximum absolute atomic E-state index is 9.30. The fourth-order valence-electron chi connectivity index (χ4n) is 0.921. The molecule has 1 aromatic carbocycles. The molecule has 3 heteroatoms. The van der Waals surface area contributed by atoms with Crippen LogP contribution in [-0.4, -0.2) is 5.11 Å². The fourth-order valence-corrected chi connectivity index (χ4v) is 1.27. The molecule has 0 aliphatic rings. The van der Waals surface area contributed by atoms with Gasteiger partial charge in [0.05, 0.1) is 10.0 Å². The first-order valence-electron chi connectivity index (χ1n) is 3.18. The Balaban J connectivity index is 3.46. The zero-order valence-corrected chi connectivity index (χ0v) is 7.79. The summed E-state index contributed by atoms with van der Waals surface area (Å²) in [4.78, 5) is 0. The molecule has 0 saturated carbocycles. The Kier molecular flexibility index (Phi) is 2.31. The van der Waals surface area contributed by atoms with Crippen LogP contribution in [0.5, 0.6) is 5.75 Å². The molecule has 1 rings (SSSR count). The highest BCUT2D eigenvalue weighted by Crippen LogP contribution is 2.36. The molecule has 1 aromatic rings. The normalized spacial score (nSPS) is 10.2. The van der Waals surface area contributed by atoms with Crippen molar-refractivity contribution >= 4 is 23.2 Å². The van der Waals surface area contributed by atoms with Crippen molar-refractivity contribution < 1.29 is 5.11 Å². The lowest BCUT2D eigenvalue weighted by Gasteiger charge is -2.05. The van der Waals surface area contributed by atoms with Crippen LogP contribution in [0, 0.1) is 13.8 Å². The minimum atomic E-state index is -0.0224. The Hall–Kier alpha value is -0.400. The van der Waals surface area contributed by atoms with Gasteiger partial charge in [0.2, 0.25) is 0 Å². The number of aromatic hydroxyl groups is 1. The van der Waals surface area contributed by atoms with Crippen molar-refractivity contribution in [2.24, 2.45) is 0 Å². The average Bonchev–Trinajstić information content (AvgIpc) is 1.97. The van der Waals surface area contributed by atoms with Crippen LogP contribution in [0.25, 0.3) is 0 Å². The summed E-state index contributed by atoms with van der Waals surface area (Å²) in [7, 11) is 0. The molecule has 0 bridgehead atoms. The highest BCUT2D eigenvalue weighted by Gasteiger charge is 2.08. The lowest BCUT2D eigenvalue weighted by Crippen LogP contribution is -1.82. The standard InChI is InChI=1S/C8H8Cl2O/c1-4-3-5(2)7(10)8(11)6(4)9/h3,11H,1-2H3. The number of halogens is 2. The van der Waals surface area contributed by atoms with E-state index >= 15 is 0 Å². The largest absolute Gasteiger partial charge is 0.505 e. The van der Waals surface area contributed by atoms with Crippen LogP contribution in [-0.2, 0) is 0 Å². The van der Waals surface area contributed by atoms with Gasteiger partial charge in [-0.15, -0.1) is 0 Å². The van der Waals surface area contributed by atoms with Gasteiger partial charge in [0, 0.05) is 0 Å². The topological polar surface area (TPSA) is 20.2 Å². The number of hydrogen-bond donors (Lipinski definition) is 1. The number of phenolic OH excluding ortho intramolecular Hbond substituents is 1. The zero-order chi connectivity index (χ0) is 8.59. The van der Waals surface area contributed by atoms with Crippen LogP contribution in [0.2, 0.25) is 10.0 Å². The van der Waals surface area contributed by atoms with E-state index in [4.69, 9.17) is 23.2 Å². The molecule has 0 spiro atoms. The molecule has 1 nitrogen and oxygen atoms in total. The molecular weight excluding hydrogens is 183 g/mol. The molecule has 0 aromatic heterocycles. The first-order valence-corrected chi connectivity index (χ1v) is 3.93. The molecule has 0 amide bonds. The molecule has 0 saturated heterocycles. The lowest BCUT2D eigenvalue weighted by molar-refractivity contribution is 0.475. The van der Waals surface area contributed by atoms with Crippen molar-refractivity contribution in [3.8, 4) is 5.75 Å². The van der Waals surface area contributed by atoms with E-state index in [9.17, 15) is 5.11 Å². The number of phenols is 1. The van der Waals surface area contributed by atoms with E-state index < -0.39 is 0 Å². The van der Waals surface area contributed by atoms with Crippen LogP contribution in [0.4, 0.5) is 0 Å². The van der Waals surface area contributed by atoms with Gasteiger partial charge in [0.15, 0.2) is 5.75 Å². The van der Waals surface area contributed by atoms with Crippen LogP contribution in [0.15, 0.2) is 6.07 Å². The highest BCUT2D eigenvalue weighted by molar-refractivity contribution is 6.38. The Morgan fingerprint density at radius 2 is 1.45 bits per heavy atom. The predicted octanol–water partition coefficient (Wildman–Crippen LogP) is 3.32. The third-order valence-corrected chi connectivity index (χ3v) is 2.50. The van der Waals surface area contributed by atoms with Crippen LogP contribution < -0.4 is 0 Å². The van der Waals surface area contributed by atoms with Gasteiger partial charge in [-0.05, 0) is 25.0 Å². The second kappa shape index (κ2) is 2.92. The highest BCUT2D eigenvalue weighted by atomic mass is 35.5. The van der Waals surface area contributed by atoms with Gasteiger partial charge in [-0.25, -0.2) is 0 Å². The van der Waals surface area contributed by atoms with E-state index in [1.54, 1.807) is 0 Å². The Morgan fingerprint density at radius 1 is 1.09 bits per heavy atom. The minimum absolute atomic E-state index is 0.0224. The molecule has 11 heavy (non-hydrogen) atoms. The molecule has 0 aliphatic carbocycles. The summed E-state index contributed by atoms with van der Waals surface area (Å²) in [6, 6.07) is 1.84. The van der Waals surface area contributed by atoms with Crippen molar-refractivity contribution in [1.29, 1.82) is 0 Å². The van der Waals surface area contributed by atoms with Crippen molar-refractivity contribution in [3.63, 3.8) is 0 Å². The number of benzene rings is 1. The Morgan fingerprint density at radius 3 is 1.82 bits per heavy atom. The molecule has 60 valence electrons. The van der Waals surface area contributed by atoms with Gasteiger partial charge in [0.25, 0.3) is 0 Å². The third kappa shape index (κ3) is 1.44. The monoisotopic (exact) mass is 190 g/mol. The molecule has 0 unspecified atom stereocenters. The maximum Gasteiger partial charge on any atom is 0.153 e. The van der Waals surface area contributed by atoms with E-state index in [1.807, 2.05) is 19.9 Å². The Labute approximate surface area is 75.6 Å². The van der Waals surface area contributed by atoms with Gasteiger partial charge in [-0.3, -0.25) is 0 Å². The molecular formula is C8H8Cl2O. The quantitative estimate of drug-likeness (QED) is 0.666. The van der Waals surface area contributed by atoms with Crippen LogP contribution in [0.1, 0.15) is 11.1 Å². The molecule has 0 fully saturated rings. The SMILES string of the molecule is Cc1cc(C)c(Cl)c(O)c1Cl. The summed E-state index contributed by atoms with van der Waals surface area (Å²) in [5, 5.41) is 9.97. The average molecular weight is 191 g/mol. The van der Waals surface area contributed by atoms with E-state index in [2.05, 4.69) is 0 Å². The van der Waals surface area contributed by atoms with Crippen molar-refractivity contribution in [3.05, 3.63) is 27.2 Å². The smallest absolute Gasteiger partial charge is 0.153 e.